The normalized spacial score (nSPS) is 10.1. The molecule has 0 fully saturated rings. The average Bonchev–Trinajstić information content (AvgIpc) is 2.62. The number of carboxylic acid groups (broad SMARTS) is 1. The highest BCUT2D eigenvalue weighted by molar-refractivity contribution is 7.17. The maximum atomic E-state index is 10.8. The molecule has 6 heteroatoms. The van der Waals surface area contributed by atoms with Crippen molar-refractivity contribution in [2.75, 3.05) is 5.73 Å². The second kappa shape index (κ2) is 3.66. The molecule has 0 atom stereocenters. The highest BCUT2D eigenvalue weighted by atomic mass is 32.1. The second-order valence-corrected chi connectivity index (χ2v) is 3.82. The molecule has 0 aliphatic carbocycles. The average molecular weight is 221 g/mol. The van der Waals surface area contributed by atoms with Gasteiger partial charge in [-0.25, -0.2) is 14.8 Å². The number of hydrogen-bond acceptors (Lipinski definition) is 5. The number of rotatable bonds is 2. The van der Waals surface area contributed by atoms with Crippen LogP contribution in [0.2, 0.25) is 0 Å². The second-order valence-electron chi connectivity index (χ2n) is 2.77. The van der Waals surface area contributed by atoms with E-state index in [1.807, 2.05) is 0 Å². The van der Waals surface area contributed by atoms with Crippen molar-refractivity contribution in [3.8, 4) is 10.7 Å². The highest BCUT2D eigenvalue weighted by Gasteiger charge is 2.14. The van der Waals surface area contributed by atoms with Crippen LogP contribution in [0.3, 0.4) is 0 Å². The van der Waals surface area contributed by atoms with Crippen molar-refractivity contribution in [2.24, 2.45) is 0 Å². The molecule has 0 aliphatic rings. The molecule has 0 spiro atoms. The molecule has 0 radical (unpaired) electrons. The monoisotopic (exact) mass is 221 g/mol. The van der Waals surface area contributed by atoms with Crippen molar-refractivity contribution in [3.63, 3.8) is 0 Å². The predicted molar refractivity (Wildman–Crippen MR) is 56.7 cm³/mol. The topological polar surface area (TPSA) is 89.1 Å². The van der Waals surface area contributed by atoms with Crippen LogP contribution in [0.15, 0.2) is 24.5 Å². The predicted octanol–water partition coefficient (Wildman–Crippen LogP) is 1.49. The zero-order chi connectivity index (χ0) is 10.8. The van der Waals surface area contributed by atoms with Crippen molar-refractivity contribution in [2.45, 2.75) is 0 Å². The Morgan fingerprint density at radius 1 is 1.40 bits per heavy atom. The number of hydrogen-bond donors (Lipinski definition) is 2. The Balaban J connectivity index is 2.48. The Morgan fingerprint density at radius 2 is 2.07 bits per heavy atom. The van der Waals surface area contributed by atoms with E-state index in [0.717, 1.165) is 11.3 Å². The molecule has 0 amide bonds. The first-order chi connectivity index (χ1) is 7.18. The fraction of sp³-hybridized carbons (Fsp3) is 0. The van der Waals surface area contributed by atoms with Gasteiger partial charge in [-0.1, -0.05) is 0 Å². The minimum atomic E-state index is -1.03. The SMILES string of the molecule is Nc1cc(-c2ncccn2)sc1C(=O)O. The van der Waals surface area contributed by atoms with Crippen molar-refractivity contribution < 1.29 is 9.90 Å². The first-order valence-electron chi connectivity index (χ1n) is 4.08. The van der Waals surface area contributed by atoms with Crippen molar-refractivity contribution in [1.82, 2.24) is 9.97 Å². The van der Waals surface area contributed by atoms with Crippen LogP contribution in [0, 0.1) is 0 Å². The van der Waals surface area contributed by atoms with Crippen LogP contribution in [0.4, 0.5) is 5.69 Å². The van der Waals surface area contributed by atoms with Gasteiger partial charge in [-0.05, 0) is 12.1 Å². The molecule has 0 unspecified atom stereocenters. The Kier molecular flexibility index (Phi) is 2.34. The molecule has 15 heavy (non-hydrogen) atoms. The summed E-state index contributed by atoms with van der Waals surface area (Å²) >= 11 is 1.07. The van der Waals surface area contributed by atoms with Gasteiger partial charge in [0.05, 0.1) is 10.6 Å². The van der Waals surface area contributed by atoms with Crippen molar-refractivity contribution >= 4 is 23.0 Å². The number of nitrogens with zero attached hydrogens (tertiary/aromatic N) is 2. The van der Waals surface area contributed by atoms with E-state index in [1.165, 1.54) is 0 Å². The van der Waals surface area contributed by atoms with Gasteiger partial charge in [0.1, 0.15) is 4.88 Å². The van der Waals surface area contributed by atoms with E-state index < -0.39 is 5.97 Å². The Hall–Kier alpha value is -1.95. The third-order valence-electron chi connectivity index (χ3n) is 1.74. The molecule has 2 aromatic rings. The number of thiophene rings is 1. The lowest BCUT2D eigenvalue weighted by molar-refractivity contribution is 0.0703. The minimum absolute atomic E-state index is 0.123. The van der Waals surface area contributed by atoms with E-state index in [9.17, 15) is 4.79 Å². The van der Waals surface area contributed by atoms with Gasteiger partial charge in [-0.3, -0.25) is 0 Å². The summed E-state index contributed by atoms with van der Waals surface area (Å²) in [5.74, 6) is -0.540. The van der Waals surface area contributed by atoms with Crippen LogP contribution in [-0.2, 0) is 0 Å². The molecular weight excluding hydrogens is 214 g/mol. The Labute approximate surface area is 89.2 Å². The molecule has 3 N–H and O–H groups in total. The van der Waals surface area contributed by atoms with E-state index in [2.05, 4.69) is 9.97 Å². The standard InChI is InChI=1S/C9H7N3O2S/c10-5-4-6(15-7(5)9(13)14)8-11-2-1-3-12-8/h1-4H,10H2,(H,13,14). The van der Waals surface area contributed by atoms with Crippen LogP contribution in [0.25, 0.3) is 10.7 Å². The molecular formula is C9H7N3O2S. The molecule has 2 rings (SSSR count). The van der Waals surface area contributed by atoms with E-state index in [0.29, 0.717) is 10.7 Å². The van der Waals surface area contributed by atoms with E-state index >= 15 is 0 Å². The molecule has 0 saturated carbocycles. The van der Waals surface area contributed by atoms with Crippen LogP contribution in [0.5, 0.6) is 0 Å². The number of aromatic carboxylic acids is 1. The summed E-state index contributed by atoms with van der Waals surface area (Å²) in [7, 11) is 0. The van der Waals surface area contributed by atoms with Crippen molar-refractivity contribution in [1.29, 1.82) is 0 Å². The summed E-state index contributed by atoms with van der Waals surface area (Å²) < 4.78 is 0. The summed E-state index contributed by atoms with van der Waals surface area (Å²) in [6, 6.07) is 3.27. The van der Waals surface area contributed by atoms with E-state index in [4.69, 9.17) is 10.8 Å². The number of carboxylic acids is 1. The summed E-state index contributed by atoms with van der Waals surface area (Å²) in [5.41, 5.74) is 5.80. The maximum Gasteiger partial charge on any atom is 0.348 e. The third kappa shape index (κ3) is 1.79. The third-order valence-corrected chi connectivity index (χ3v) is 2.88. The lowest BCUT2D eigenvalue weighted by atomic mass is 10.3. The maximum absolute atomic E-state index is 10.8. The Morgan fingerprint density at radius 3 is 2.60 bits per heavy atom. The largest absolute Gasteiger partial charge is 0.477 e. The first-order valence-corrected chi connectivity index (χ1v) is 4.90. The summed E-state index contributed by atoms with van der Waals surface area (Å²) in [6.07, 6.45) is 3.19. The van der Waals surface area contributed by atoms with Crippen LogP contribution in [0.1, 0.15) is 9.67 Å². The molecule has 5 nitrogen and oxygen atoms in total. The smallest absolute Gasteiger partial charge is 0.348 e. The number of anilines is 1. The van der Waals surface area contributed by atoms with Gasteiger partial charge in [0, 0.05) is 12.4 Å². The zero-order valence-electron chi connectivity index (χ0n) is 7.54. The van der Waals surface area contributed by atoms with Gasteiger partial charge in [-0.2, -0.15) is 0 Å². The first kappa shape index (κ1) is 9.60. The van der Waals surface area contributed by atoms with Crippen LogP contribution < -0.4 is 5.73 Å². The molecule has 0 aliphatic heterocycles. The molecule has 0 bridgehead atoms. The zero-order valence-corrected chi connectivity index (χ0v) is 8.36. The minimum Gasteiger partial charge on any atom is -0.477 e. The lowest BCUT2D eigenvalue weighted by Gasteiger charge is -1.91. The van der Waals surface area contributed by atoms with E-state index in [-0.39, 0.29) is 10.6 Å². The fourth-order valence-corrected chi connectivity index (χ4v) is 1.98. The molecule has 0 aromatic carbocycles. The van der Waals surface area contributed by atoms with E-state index in [1.54, 1.807) is 24.5 Å². The quantitative estimate of drug-likeness (QED) is 0.801. The molecule has 76 valence electrons. The van der Waals surface area contributed by atoms with Crippen LogP contribution in [-0.4, -0.2) is 21.0 Å². The van der Waals surface area contributed by atoms with Gasteiger partial charge in [0.15, 0.2) is 5.82 Å². The fourth-order valence-electron chi connectivity index (χ4n) is 1.11. The highest BCUT2D eigenvalue weighted by Crippen LogP contribution is 2.30. The number of nitrogen functional groups attached to an aromatic ring is 1. The molecule has 2 heterocycles. The lowest BCUT2D eigenvalue weighted by Crippen LogP contribution is -1.96. The number of carbonyl (C=O) groups is 1. The van der Waals surface area contributed by atoms with Crippen LogP contribution >= 0.6 is 11.3 Å². The van der Waals surface area contributed by atoms with Crippen molar-refractivity contribution in [3.05, 3.63) is 29.4 Å². The summed E-state index contributed by atoms with van der Waals surface area (Å²) in [5, 5.41) is 8.82. The van der Waals surface area contributed by atoms with Gasteiger partial charge in [0.2, 0.25) is 0 Å². The molecule has 2 aromatic heterocycles. The van der Waals surface area contributed by atoms with Gasteiger partial charge in [0.25, 0.3) is 0 Å². The number of nitrogens with two attached hydrogens (primary N) is 1. The van der Waals surface area contributed by atoms with Gasteiger partial charge >= 0.3 is 5.97 Å². The summed E-state index contributed by atoms with van der Waals surface area (Å²) in [6.45, 7) is 0. The summed E-state index contributed by atoms with van der Waals surface area (Å²) in [4.78, 5) is 19.6. The molecule has 0 saturated heterocycles. The Bertz CT molecular complexity index is 495. The van der Waals surface area contributed by atoms with Gasteiger partial charge < -0.3 is 10.8 Å². The number of aromatic nitrogens is 2. The van der Waals surface area contributed by atoms with Gasteiger partial charge in [-0.15, -0.1) is 11.3 Å².